The minimum absolute atomic E-state index is 0. The molecular formula is C14H29ClO2. The van der Waals surface area contributed by atoms with Crippen LogP contribution in [0.2, 0.25) is 0 Å². The molecule has 104 valence electrons. The van der Waals surface area contributed by atoms with Crippen LogP contribution >= 0.6 is 12.4 Å². The Morgan fingerprint density at radius 3 is 1.76 bits per heavy atom. The van der Waals surface area contributed by atoms with Gasteiger partial charge in [0.2, 0.25) is 0 Å². The molecule has 3 heteroatoms. The molecule has 0 N–H and O–H groups in total. The van der Waals surface area contributed by atoms with Crippen LogP contribution in [0.4, 0.5) is 0 Å². The first-order valence-electron chi connectivity index (χ1n) is 6.96. The number of unbranched alkanes of at least 4 members (excludes halogenated alkanes) is 8. The summed E-state index contributed by atoms with van der Waals surface area (Å²) in [6, 6.07) is 0. The van der Waals surface area contributed by atoms with Crippen molar-refractivity contribution in [1.82, 2.24) is 0 Å². The highest BCUT2D eigenvalue weighted by Gasteiger charge is 2.00. The van der Waals surface area contributed by atoms with Crippen LogP contribution in [-0.2, 0) is 9.53 Å². The van der Waals surface area contributed by atoms with Gasteiger partial charge < -0.3 is 4.74 Å². The van der Waals surface area contributed by atoms with Crippen molar-refractivity contribution < 1.29 is 9.53 Å². The molecular weight excluding hydrogens is 236 g/mol. The molecule has 0 aliphatic heterocycles. The van der Waals surface area contributed by atoms with E-state index in [1.165, 1.54) is 51.4 Å². The smallest absolute Gasteiger partial charge is 0.305 e. The Labute approximate surface area is 113 Å². The molecule has 0 saturated carbocycles. The second-order valence-corrected chi connectivity index (χ2v) is 4.38. The van der Waals surface area contributed by atoms with Crippen LogP contribution in [-0.4, -0.2) is 12.6 Å². The van der Waals surface area contributed by atoms with Gasteiger partial charge in [-0.25, -0.2) is 0 Å². The van der Waals surface area contributed by atoms with Crippen LogP contribution in [0, 0.1) is 0 Å². The Hall–Kier alpha value is -0.240. The van der Waals surface area contributed by atoms with E-state index >= 15 is 0 Å². The summed E-state index contributed by atoms with van der Waals surface area (Å²) in [5.74, 6) is -0.0366. The third-order valence-electron chi connectivity index (χ3n) is 2.79. The molecule has 0 heterocycles. The van der Waals surface area contributed by atoms with Gasteiger partial charge >= 0.3 is 5.97 Å². The molecule has 0 amide bonds. The molecule has 2 nitrogen and oxygen atoms in total. The van der Waals surface area contributed by atoms with E-state index in [-0.39, 0.29) is 18.4 Å². The fourth-order valence-electron chi connectivity index (χ4n) is 1.81. The summed E-state index contributed by atoms with van der Waals surface area (Å²) in [6.45, 7) is 4.61. The van der Waals surface area contributed by atoms with Crippen molar-refractivity contribution in [3.63, 3.8) is 0 Å². The predicted octanol–water partition coefficient (Wildman–Crippen LogP) is 4.89. The van der Waals surface area contributed by atoms with E-state index in [0.717, 1.165) is 6.42 Å². The van der Waals surface area contributed by atoms with Crippen molar-refractivity contribution in [1.29, 1.82) is 0 Å². The molecule has 17 heavy (non-hydrogen) atoms. The van der Waals surface area contributed by atoms with E-state index < -0.39 is 0 Å². The molecule has 0 rings (SSSR count). The molecule has 0 aliphatic rings. The number of ether oxygens (including phenoxy) is 1. The van der Waals surface area contributed by atoms with E-state index in [4.69, 9.17) is 4.74 Å². The molecule has 0 saturated heterocycles. The number of esters is 1. The van der Waals surface area contributed by atoms with Crippen LogP contribution in [0.3, 0.4) is 0 Å². The molecule has 0 aromatic heterocycles. The van der Waals surface area contributed by atoms with Crippen molar-refractivity contribution in [3.8, 4) is 0 Å². The van der Waals surface area contributed by atoms with Gasteiger partial charge in [0.05, 0.1) is 6.61 Å². The van der Waals surface area contributed by atoms with Gasteiger partial charge in [0, 0.05) is 6.42 Å². The molecule has 0 aromatic rings. The van der Waals surface area contributed by atoms with Gasteiger partial charge in [0.15, 0.2) is 0 Å². The fourth-order valence-corrected chi connectivity index (χ4v) is 1.81. The lowest BCUT2D eigenvalue weighted by Crippen LogP contribution is -2.03. The van der Waals surface area contributed by atoms with E-state index in [1.807, 2.05) is 6.92 Å². The number of rotatable bonds is 11. The Morgan fingerprint density at radius 2 is 1.29 bits per heavy atom. The summed E-state index contributed by atoms with van der Waals surface area (Å²) in [7, 11) is 0. The molecule has 0 spiro atoms. The Bertz CT molecular complexity index is 160. The Balaban J connectivity index is 0. The maximum absolute atomic E-state index is 11.0. The van der Waals surface area contributed by atoms with Crippen molar-refractivity contribution in [3.05, 3.63) is 0 Å². The van der Waals surface area contributed by atoms with Crippen LogP contribution in [0.1, 0.15) is 78.1 Å². The first-order chi connectivity index (χ1) is 7.81. The highest BCUT2D eigenvalue weighted by Crippen LogP contribution is 2.10. The highest BCUT2D eigenvalue weighted by atomic mass is 35.5. The standard InChI is InChI=1S/C14H28O2.ClH/c1-3-5-6-7-8-9-10-11-12-13-14(15)16-4-2;/h3-13H2,1-2H3;1H. The van der Waals surface area contributed by atoms with Crippen molar-refractivity contribution in [2.75, 3.05) is 6.61 Å². The summed E-state index contributed by atoms with van der Waals surface area (Å²) in [5.41, 5.74) is 0. The first-order valence-corrected chi connectivity index (χ1v) is 6.96. The fraction of sp³-hybridized carbons (Fsp3) is 0.929. The van der Waals surface area contributed by atoms with Gasteiger partial charge in [-0.2, -0.15) is 0 Å². The minimum Gasteiger partial charge on any atom is -0.466 e. The van der Waals surface area contributed by atoms with E-state index in [2.05, 4.69) is 6.92 Å². The molecule has 0 aliphatic carbocycles. The largest absolute Gasteiger partial charge is 0.466 e. The summed E-state index contributed by atoms with van der Waals surface area (Å²) in [4.78, 5) is 11.0. The summed E-state index contributed by atoms with van der Waals surface area (Å²) in [5, 5.41) is 0. The van der Waals surface area contributed by atoms with Crippen LogP contribution in [0.15, 0.2) is 0 Å². The zero-order valence-corrected chi connectivity index (χ0v) is 12.3. The molecule has 0 bridgehead atoms. The van der Waals surface area contributed by atoms with E-state index in [9.17, 15) is 4.79 Å². The maximum atomic E-state index is 11.0. The first kappa shape index (κ1) is 19.1. The lowest BCUT2D eigenvalue weighted by molar-refractivity contribution is -0.143. The van der Waals surface area contributed by atoms with Gasteiger partial charge in [-0.05, 0) is 13.3 Å². The molecule has 0 atom stereocenters. The maximum Gasteiger partial charge on any atom is 0.305 e. The SMILES string of the molecule is CCCCCCCCCCCC(=O)OCC.Cl. The summed E-state index contributed by atoms with van der Waals surface area (Å²) in [6.07, 6.45) is 12.2. The quantitative estimate of drug-likeness (QED) is 0.392. The lowest BCUT2D eigenvalue weighted by Gasteiger charge is -2.02. The molecule has 0 radical (unpaired) electrons. The average Bonchev–Trinajstić information content (AvgIpc) is 2.27. The average molecular weight is 265 g/mol. The second kappa shape index (κ2) is 15.8. The number of carbonyl (C=O) groups is 1. The van der Waals surface area contributed by atoms with Crippen LogP contribution < -0.4 is 0 Å². The topological polar surface area (TPSA) is 26.3 Å². The molecule has 0 fully saturated rings. The summed E-state index contributed by atoms with van der Waals surface area (Å²) < 4.78 is 4.87. The zero-order valence-electron chi connectivity index (χ0n) is 11.5. The zero-order chi connectivity index (χ0) is 12.1. The van der Waals surface area contributed by atoms with Gasteiger partial charge in [0.1, 0.15) is 0 Å². The van der Waals surface area contributed by atoms with Gasteiger partial charge in [-0.3, -0.25) is 4.79 Å². The second-order valence-electron chi connectivity index (χ2n) is 4.38. The monoisotopic (exact) mass is 264 g/mol. The normalized spacial score (nSPS) is 9.76. The number of carbonyl (C=O) groups excluding carboxylic acids is 1. The summed E-state index contributed by atoms with van der Waals surface area (Å²) >= 11 is 0. The van der Waals surface area contributed by atoms with E-state index in [1.54, 1.807) is 0 Å². The highest BCUT2D eigenvalue weighted by molar-refractivity contribution is 5.85. The van der Waals surface area contributed by atoms with Crippen molar-refractivity contribution in [2.24, 2.45) is 0 Å². The van der Waals surface area contributed by atoms with Crippen molar-refractivity contribution >= 4 is 18.4 Å². The molecule has 0 aromatic carbocycles. The third kappa shape index (κ3) is 15.8. The van der Waals surface area contributed by atoms with Gasteiger partial charge in [-0.15, -0.1) is 12.4 Å². The van der Waals surface area contributed by atoms with Gasteiger partial charge in [-0.1, -0.05) is 58.3 Å². The number of halogens is 1. The lowest BCUT2D eigenvalue weighted by atomic mass is 10.1. The van der Waals surface area contributed by atoms with Gasteiger partial charge in [0.25, 0.3) is 0 Å². The predicted molar refractivity (Wildman–Crippen MR) is 75.7 cm³/mol. The van der Waals surface area contributed by atoms with Crippen LogP contribution in [0.5, 0.6) is 0 Å². The number of hydrogen-bond donors (Lipinski definition) is 0. The Kier molecular flexibility index (Phi) is 17.7. The third-order valence-corrected chi connectivity index (χ3v) is 2.79. The molecule has 0 unspecified atom stereocenters. The van der Waals surface area contributed by atoms with Crippen LogP contribution in [0.25, 0.3) is 0 Å². The van der Waals surface area contributed by atoms with Crippen molar-refractivity contribution in [2.45, 2.75) is 78.1 Å². The Morgan fingerprint density at radius 1 is 0.824 bits per heavy atom. The van der Waals surface area contributed by atoms with E-state index in [0.29, 0.717) is 13.0 Å². The minimum atomic E-state index is -0.0366. The number of hydrogen-bond acceptors (Lipinski definition) is 2.